The fourth-order valence-electron chi connectivity index (χ4n) is 3.14. The van der Waals surface area contributed by atoms with Gasteiger partial charge in [0, 0.05) is 35.9 Å². The molecule has 0 bridgehead atoms. The number of benzene rings is 1. The van der Waals surface area contributed by atoms with Crippen LogP contribution in [-0.2, 0) is 4.79 Å². The lowest BCUT2D eigenvalue weighted by Crippen LogP contribution is -2.41. The summed E-state index contributed by atoms with van der Waals surface area (Å²) in [6, 6.07) is 8.14. The number of hydrogen-bond donors (Lipinski definition) is 1. The number of carbonyl (C=O) groups excluding carboxylic acids is 1. The molecule has 1 aliphatic rings. The van der Waals surface area contributed by atoms with Crippen molar-refractivity contribution in [3.63, 3.8) is 0 Å². The summed E-state index contributed by atoms with van der Waals surface area (Å²) in [6.07, 6.45) is 7.00. The number of rotatable bonds is 3. The lowest BCUT2D eigenvalue weighted by atomic mass is 9.97. The van der Waals surface area contributed by atoms with Crippen LogP contribution in [0.5, 0.6) is 0 Å². The first-order valence-corrected chi connectivity index (χ1v) is 8.97. The first-order valence-electron chi connectivity index (χ1n) is 8.09. The third-order valence-electron chi connectivity index (χ3n) is 4.39. The molecule has 1 N–H and O–H groups in total. The van der Waals surface area contributed by atoms with E-state index < -0.39 is 0 Å². The fourth-order valence-corrected chi connectivity index (χ4v) is 3.91. The Hall–Kier alpha value is -2.47. The molecular formula is C18H18N4OS. The fraction of sp³-hybridized carbons (Fsp3) is 0.278. The number of piperidine rings is 1. The molecule has 1 saturated heterocycles. The summed E-state index contributed by atoms with van der Waals surface area (Å²) in [5.41, 5.74) is 0.863. The van der Waals surface area contributed by atoms with Gasteiger partial charge in [-0.1, -0.05) is 0 Å². The molecule has 6 heteroatoms. The van der Waals surface area contributed by atoms with E-state index in [-0.39, 0.29) is 11.8 Å². The Morgan fingerprint density at radius 1 is 1.29 bits per heavy atom. The summed E-state index contributed by atoms with van der Waals surface area (Å²) < 4.78 is 1.24. The van der Waals surface area contributed by atoms with Gasteiger partial charge in [0.05, 0.1) is 12.1 Å². The SMILES string of the molecule is O=C(Nc1ccc2sccc2c1)C1CCCN(c2cnccn2)C1. The van der Waals surface area contributed by atoms with Crippen molar-refractivity contribution < 1.29 is 4.79 Å². The van der Waals surface area contributed by atoms with Crippen LogP contribution in [0.3, 0.4) is 0 Å². The standard InChI is InChI=1S/C18H18N4OS/c23-18(21-15-3-4-16-13(10-15)5-9-24-16)14-2-1-8-22(12-14)17-11-19-6-7-20-17/h3-7,9-11,14H,1-2,8,12H2,(H,21,23). The van der Waals surface area contributed by atoms with Crippen LogP contribution in [0.25, 0.3) is 10.1 Å². The van der Waals surface area contributed by atoms with Crippen molar-refractivity contribution in [3.05, 3.63) is 48.2 Å². The van der Waals surface area contributed by atoms with Crippen molar-refractivity contribution in [2.75, 3.05) is 23.3 Å². The largest absolute Gasteiger partial charge is 0.355 e. The third kappa shape index (κ3) is 3.10. The van der Waals surface area contributed by atoms with Crippen LogP contribution in [-0.4, -0.2) is 29.0 Å². The van der Waals surface area contributed by atoms with E-state index in [1.807, 2.05) is 12.1 Å². The van der Waals surface area contributed by atoms with Crippen molar-refractivity contribution in [2.45, 2.75) is 12.8 Å². The van der Waals surface area contributed by atoms with Gasteiger partial charge in [0.2, 0.25) is 5.91 Å². The zero-order valence-corrected chi connectivity index (χ0v) is 14.0. The molecule has 1 amide bonds. The highest BCUT2D eigenvalue weighted by atomic mass is 32.1. The zero-order chi connectivity index (χ0) is 16.4. The Bertz CT molecular complexity index is 848. The lowest BCUT2D eigenvalue weighted by molar-refractivity contribution is -0.120. The number of thiophene rings is 1. The van der Waals surface area contributed by atoms with E-state index in [4.69, 9.17) is 0 Å². The van der Waals surface area contributed by atoms with Crippen molar-refractivity contribution in [3.8, 4) is 0 Å². The molecule has 0 radical (unpaired) electrons. The maximum absolute atomic E-state index is 12.6. The second-order valence-electron chi connectivity index (χ2n) is 6.01. The Balaban J connectivity index is 1.45. The molecule has 5 nitrogen and oxygen atoms in total. The van der Waals surface area contributed by atoms with Gasteiger partial charge in [-0.05, 0) is 47.9 Å². The highest BCUT2D eigenvalue weighted by Crippen LogP contribution is 2.26. The zero-order valence-electron chi connectivity index (χ0n) is 13.2. The number of hydrogen-bond acceptors (Lipinski definition) is 5. The smallest absolute Gasteiger partial charge is 0.229 e. The molecule has 4 rings (SSSR count). The van der Waals surface area contributed by atoms with Gasteiger partial charge in [0.25, 0.3) is 0 Å². The van der Waals surface area contributed by atoms with E-state index in [0.29, 0.717) is 6.54 Å². The van der Waals surface area contributed by atoms with Crippen LogP contribution in [0.1, 0.15) is 12.8 Å². The molecule has 1 atom stereocenters. The maximum atomic E-state index is 12.6. The number of nitrogens with one attached hydrogen (secondary N) is 1. The second-order valence-corrected chi connectivity index (χ2v) is 6.96. The Morgan fingerprint density at radius 2 is 2.25 bits per heavy atom. The molecule has 122 valence electrons. The van der Waals surface area contributed by atoms with Crippen molar-refractivity contribution >= 4 is 38.8 Å². The highest BCUT2D eigenvalue weighted by Gasteiger charge is 2.26. The molecule has 1 unspecified atom stereocenters. The predicted octanol–water partition coefficient (Wildman–Crippen LogP) is 3.55. The van der Waals surface area contributed by atoms with E-state index in [1.165, 1.54) is 10.1 Å². The highest BCUT2D eigenvalue weighted by molar-refractivity contribution is 7.17. The van der Waals surface area contributed by atoms with Gasteiger partial charge in [0.15, 0.2) is 0 Å². The van der Waals surface area contributed by atoms with E-state index in [2.05, 4.69) is 37.7 Å². The van der Waals surface area contributed by atoms with Crippen LogP contribution in [0, 0.1) is 5.92 Å². The number of amides is 1. The van der Waals surface area contributed by atoms with Gasteiger partial charge in [-0.25, -0.2) is 4.98 Å². The maximum Gasteiger partial charge on any atom is 0.229 e. The van der Waals surface area contributed by atoms with Gasteiger partial charge in [-0.15, -0.1) is 11.3 Å². The number of anilines is 2. The summed E-state index contributed by atoms with van der Waals surface area (Å²) in [7, 11) is 0. The van der Waals surface area contributed by atoms with E-state index in [0.717, 1.165) is 30.9 Å². The summed E-state index contributed by atoms with van der Waals surface area (Å²) in [5, 5.41) is 6.30. The van der Waals surface area contributed by atoms with Gasteiger partial charge in [0.1, 0.15) is 5.82 Å². The van der Waals surface area contributed by atoms with E-state index in [1.54, 1.807) is 29.9 Å². The number of nitrogens with zero attached hydrogens (tertiary/aromatic N) is 3. The Kier molecular flexibility index (Phi) is 4.13. The molecular weight excluding hydrogens is 320 g/mol. The van der Waals surface area contributed by atoms with Crippen molar-refractivity contribution in [1.82, 2.24) is 9.97 Å². The van der Waals surface area contributed by atoms with E-state index in [9.17, 15) is 4.79 Å². The molecule has 3 heterocycles. The number of fused-ring (bicyclic) bond motifs is 1. The molecule has 1 aliphatic heterocycles. The summed E-state index contributed by atoms with van der Waals surface area (Å²) in [5.74, 6) is 0.895. The topological polar surface area (TPSA) is 58.1 Å². The summed E-state index contributed by atoms with van der Waals surface area (Å²) in [6.45, 7) is 1.61. The summed E-state index contributed by atoms with van der Waals surface area (Å²) >= 11 is 1.71. The third-order valence-corrected chi connectivity index (χ3v) is 5.28. The van der Waals surface area contributed by atoms with Gasteiger partial charge >= 0.3 is 0 Å². The van der Waals surface area contributed by atoms with Crippen LogP contribution >= 0.6 is 11.3 Å². The molecule has 0 spiro atoms. The van der Waals surface area contributed by atoms with E-state index >= 15 is 0 Å². The van der Waals surface area contributed by atoms with Crippen molar-refractivity contribution in [2.24, 2.45) is 5.92 Å². The molecule has 2 aromatic heterocycles. The Labute approximate surface area is 144 Å². The first kappa shape index (κ1) is 15.1. The molecule has 1 aromatic carbocycles. The molecule has 0 saturated carbocycles. The van der Waals surface area contributed by atoms with Crippen LogP contribution in [0.15, 0.2) is 48.2 Å². The molecule has 1 fully saturated rings. The monoisotopic (exact) mass is 338 g/mol. The first-order chi connectivity index (χ1) is 11.8. The number of aromatic nitrogens is 2. The minimum Gasteiger partial charge on any atom is -0.355 e. The van der Waals surface area contributed by atoms with Gasteiger partial charge in [-0.2, -0.15) is 0 Å². The predicted molar refractivity (Wildman–Crippen MR) is 97.4 cm³/mol. The van der Waals surface area contributed by atoms with Gasteiger partial charge < -0.3 is 10.2 Å². The van der Waals surface area contributed by atoms with Crippen LogP contribution < -0.4 is 10.2 Å². The molecule has 3 aromatic rings. The Morgan fingerprint density at radius 3 is 3.12 bits per heavy atom. The average molecular weight is 338 g/mol. The second kappa shape index (κ2) is 6.57. The quantitative estimate of drug-likeness (QED) is 0.793. The lowest BCUT2D eigenvalue weighted by Gasteiger charge is -2.32. The van der Waals surface area contributed by atoms with Gasteiger partial charge in [-0.3, -0.25) is 9.78 Å². The van der Waals surface area contributed by atoms with Crippen LogP contribution in [0.4, 0.5) is 11.5 Å². The minimum atomic E-state index is -0.0288. The normalized spacial score (nSPS) is 17.8. The average Bonchev–Trinajstić information content (AvgIpc) is 3.10. The molecule has 0 aliphatic carbocycles. The minimum absolute atomic E-state index is 0.0288. The van der Waals surface area contributed by atoms with Crippen molar-refractivity contribution in [1.29, 1.82) is 0 Å². The van der Waals surface area contributed by atoms with Crippen LogP contribution in [0.2, 0.25) is 0 Å². The summed E-state index contributed by atoms with van der Waals surface area (Å²) in [4.78, 5) is 23.2. The number of carbonyl (C=O) groups is 1. The molecule has 24 heavy (non-hydrogen) atoms.